The van der Waals surface area contributed by atoms with Gasteiger partial charge in [0.1, 0.15) is 17.9 Å². The Hall–Kier alpha value is -2.69. The van der Waals surface area contributed by atoms with Gasteiger partial charge in [-0.1, -0.05) is 43.7 Å². The molecule has 0 aliphatic carbocycles. The predicted molar refractivity (Wildman–Crippen MR) is 124 cm³/mol. The van der Waals surface area contributed by atoms with E-state index in [0.717, 1.165) is 0 Å². The van der Waals surface area contributed by atoms with Crippen LogP contribution >= 0.6 is 0 Å². The zero-order chi connectivity index (χ0) is 25.2. The SMILES string of the molecule is CCCC(NC(=O)OC(C)(C)C)C(O)C(=O)NC[C@@H](O)N[C@H](C(=O)N(C)C)c1ccccc1. The molecule has 1 rings (SSSR count). The van der Waals surface area contributed by atoms with Gasteiger partial charge in [-0.05, 0) is 32.8 Å². The molecule has 0 aliphatic rings. The van der Waals surface area contributed by atoms with Crippen molar-refractivity contribution in [1.82, 2.24) is 20.9 Å². The first-order valence-electron chi connectivity index (χ1n) is 11.0. The monoisotopic (exact) mass is 466 g/mol. The van der Waals surface area contributed by atoms with Crippen molar-refractivity contribution in [3.05, 3.63) is 35.9 Å². The van der Waals surface area contributed by atoms with Gasteiger partial charge >= 0.3 is 6.09 Å². The third kappa shape index (κ3) is 10.2. The first-order chi connectivity index (χ1) is 15.4. The number of benzene rings is 1. The van der Waals surface area contributed by atoms with E-state index in [1.54, 1.807) is 59.1 Å². The quantitative estimate of drug-likeness (QED) is 0.305. The fourth-order valence-corrected chi connectivity index (χ4v) is 3.03. The van der Waals surface area contributed by atoms with Crippen LogP contribution in [0.2, 0.25) is 0 Å². The van der Waals surface area contributed by atoms with Gasteiger partial charge in [0.15, 0.2) is 6.10 Å². The number of amides is 3. The number of alkyl carbamates (subject to hydrolysis) is 1. The van der Waals surface area contributed by atoms with Crippen LogP contribution in [0.1, 0.15) is 52.1 Å². The standard InChI is InChI=1S/C23H38N4O6/c1-7-11-16(25-22(32)33-23(2,3)4)19(29)20(30)24-14-17(28)26-18(21(31)27(5)6)15-12-9-8-10-13-15/h8-10,12-13,16-19,26,28-29H,7,11,14H2,1-6H3,(H,24,30)(H,25,32)/t16?,17-,18+,19?/m1/s1. The number of rotatable bonds is 11. The third-order valence-corrected chi connectivity index (χ3v) is 4.60. The lowest BCUT2D eigenvalue weighted by atomic mass is 10.0. The lowest BCUT2D eigenvalue weighted by Gasteiger charge is -2.27. The Labute approximate surface area is 195 Å². The second-order valence-corrected chi connectivity index (χ2v) is 8.99. The summed E-state index contributed by atoms with van der Waals surface area (Å²) in [5, 5.41) is 28.6. The second kappa shape index (κ2) is 13.1. The van der Waals surface area contributed by atoms with Gasteiger partial charge in [-0.3, -0.25) is 14.9 Å². The number of ether oxygens (including phenoxy) is 1. The zero-order valence-electron chi connectivity index (χ0n) is 20.3. The normalized spacial score (nSPS) is 15.0. The summed E-state index contributed by atoms with van der Waals surface area (Å²) in [4.78, 5) is 38.5. The van der Waals surface area contributed by atoms with Crippen LogP contribution < -0.4 is 16.0 Å². The summed E-state index contributed by atoms with van der Waals surface area (Å²) in [5.41, 5.74) is -0.0606. The van der Waals surface area contributed by atoms with Gasteiger partial charge in [0, 0.05) is 14.1 Å². The minimum absolute atomic E-state index is 0.259. The molecule has 0 aliphatic heterocycles. The molecule has 186 valence electrons. The summed E-state index contributed by atoms with van der Waals surface area (Å²) in [6, 6.07) is 7.21. The molecule has 1 aromatic carbocycles. The molecule has 10 heteroatoms. The van der Waals surface area contributed by atoms with Crippen molar-refractivity contribution >= 4 is 17.9 Å². The van der Waals surface area contributed by atoms with Crippen LogP contribution in [-0.2, 0) is 14.3 Å². The third-order valence-electron chi connectivity index (χ3n) is 4.60. The second-order valence-electron chi connectivity index (χ2n) is 8.99. The van der Waals surface area contributed by atoms with E-state index >= 15 is 0 Å². The predicted octanol–water partition coefficient (Wildman–Crippen LogP) is 0.894. The fraction of sp³-hybridized carbons (Fsp3) is 0.609. The number of hydrogen-bond donors (Lipinski definition) is 5. The smallest absolute Gasteiger partial charge is 0.407 e. The molecule has 10 nitrogen and oxygen atoms in total. The average Bonchev–Trinajstić information content (AvgIpc) is 2.73. The van der Waals surface area contributed by atoms with Crippen molar-refractivity contribution in [3.63, 3.8) is 0 Å². The topological polar surface area (TPSA) is 140 Å². The Morgan fingerprint density at radius 1 is 1.09 bits per heavy atom. The van der Waals surface area contributed by atoms with E-state index in [4.69, 9.17) is 4.74 Å². The number of carbonyl (C=O) groups excluding carboxylic acids is 3. The molecule has 5 N–H and O–H groups in total. The Morgan fingerprint density at radius 2 is 1.70 bits per heavy atom. The summed E-state index contributed by atoms with van der Waals surface area (Å²) < 4.78 is 5.19. The molecule has 3 amide bonds. The molecule has 33 heavy (non-hydrogen) atoms. The van der Waals surface area contributed by atoms with Gasteiger partial charge in [-0.2, -0.15) is 0 Å². The number of hydrogen-bond acceptors (Lipinski definition) is 7. The van der Waals surface area contributed by atoms with Crippen molar-refractivity contribution in [2.45, 2.75) is 70.6 Å². The van der Waals surface area contributed by atoms with Crippen molar-refractivity contribution in [2.75, 3.05) is 20.6 Å². The van der Waals surface area contributed by atoms with Crippen LogP contribution in [0.25, 0.3) is 0 Å². The lowest BCUT2D eigenvalue weighted by Crippen LogP contribution is -2.53. The molecule has 0 bridgehead atoms. The number of carbonyl (C=O) groups is 3. The Morgan fingerprint density at radius 3 is 2.21 bits per heavy atom. The van der Waals surface area contributed by atoms with E-state index < -0.39 is 42.0 Å². The molecule has 0 heterocycles. The van der Waals surface area contributed by atoms with Crippen molar-refractivity contribution in [1.29, 1.82) is 0 Å². The largest absolute Gasteiger partial charge is 0.444 e. The van der Waals surface area contributed by atoms with Crippen LogP contribution in [0.3, 0.4) is 0 Å². The van der Waals surface area contributed by atoms with Crippen LogP contribution in [0.5, 0.6) is 0 Å². The van der Waals surface area contributed by atoms with Gasteiger partial charge in [-0.25, -0.2) is 4.79 Å². The highest BCUT2D eigenvalue weighted by Crippen LogP contribution is 2.15. The average molecular weight is 467 g/mol. The van der Waals surface area contributed by atoms with E-state index in [9.17, 15) is 24.6 Å². The van der Waals surface area contributed by atoms with Crippen LogP contribution in [0.4, 0.5) is 4.79 Å². The molecule has 0 saturated heterocycles. The van der Waals surface area contributed by atoms with Crippen molar-refractivity contribution in [2.24, 2.45) is 0 Å². The van der Waals surface area contributed by atoms with E-state index in [2.05, 4.69) is 16.0 Å². The molecule has 0 saturated carbocycles. The molecule has 1 aromatic rings. The number of aliphatic hydroxyl groups is 2. The zero-order valence-corrected chi connectivity index (χ0v) is 20.3. The van der Waals surface area contributed by atoms with Gasteiger partial charge in [0.05, 0.1) is 12.6 Å². The van der Waals surface area contributed by atoms with E-state index in [-0.39, 0.29) is 12.5 Å². The van der Waals surface area contributed by atoms with Crippen molar-refractivity contribution < 1.29 is 29.3 Å². The molecule has 0 fully saturated rings. The number of aliphatic hydroxyl groups excluding tert-OH is 2. The summed E-state index contributed by atoms with van der Waals surface area (Å²) in [6.07, 6.45) is -2.58. The highest BCUT2D eigenvalue weighted by atomic mass is 16.6. The lowest BCUT2D eigenvalue weighted by molar-refractivity contribution is -0.132. The van der Waals surface area contributed by atoms with Gasteiger partial charge in [0.2, 0.25) is 5.91 Å². The Balaban J connectivity index is 2.73. The minimum Gasteiger partial charge on any atom is -0.444 e. The van der Waals surface area contributed by atoms with Gasteiger partial charge in [0.25, 0.3) is 5.91 Å². The molecule has 0 spiro atoms. The summed E-state index contributed by atoms with van der Waals surface area (Å²) >= 11 is 0. The summed E-state index contributed by atoms with van der Waals surface area (Å²) in [6.45, 7) is 6.73. The summed E-state index contributed by atoms with van der Waals surface area (Å²) in [7, 11) is 3.21. The first kappa shape index (κ1) is 28.3. The number of nitrogens with one attached hydrogen (secondary N) is 3. The number of likely N-dealkylation sites (N-methyl/N-ethyl adjacent to an activating group) is 1. The fourth-order valence-electron chi connectivity index (χ4n) is 3.03. The van der Waals surface area contributed by atoms with Crippen LogP contribution in [-0.4, -0.2) is 77.6 Å². The molecule has 0 radical (unpaired) electrons. The number of nitrogens with zero attached hydrogens (tertiary/aromatic N) is 1. The van der Waals surface area contributed by atoms with E-state index in [0.29, 0.717) is 18.4 Å². The Kier molecular flexibility index (Phi) is 11.3. The first-order valence-corrected chi connectivity index (χ1v) is 11.0. The van der Waals surface area contributed by atoms with Gasteiger partial charge < -0.3 is 30.5 Å². The Bertz CT molecular complexity index is 766. The van der Waals surface area contributed by atoms with Gasteiger partial charge in [-0.15, -0.1) is 0 Å². The molecule has 2 unspecified atom stereocenters. The maximum atomic E-state index is 12.6. The maximum Gasteiger partial charge on any atom is 0.407 e. The molecular formula is C23H38N4O6. The highest BCUT2D eigenvalue weighted by molar-refractivity contribution is 5.83. The highest BCUT2D eigenvalue weighted by Gasteiger charge is 2.30. The van der Waals surface area contributed by atoms with E-state index in [1.807, 2.05) is 13.0 Å². The van der Waals surface area contributed by atoms with E-state index in [1.165, 1.54) is 4.90 Å². The van der Waals surface area contributed by atoms with Crippen molar-refractivity contribution in [3.8, 4) is 0 Å². The molecule has 4 atom stereocenters. The molecule has 0 aromatic heterocycles. The minimum atomic E-state index is -1.54. The molecular weight excluding hydrogens is 428 g/mol. The van der Waals surface area contributed by atoms with Crippen LogP contribution in [0.15, 0.2) is 30.3 Å². The summed E-state index contributed by atoms with van der Waals surface area (Å²) in [5.74, 6) is -1.03. The van der Waals surface area contributed by atoms with Crippen LogP contribution in [0, 0.1) is 0 Å². The maximum absolute atomic E-state index is 12.6.